The molecule has 0 radical (unpaired) electrons. The number of hydrogen-bond acceptors (Lipinski definition) is 6. The van der Waals surface area contributed by atoms with E-state index < -0.39 is 0 Å². The lowest BCUT2D eigenvalue weighted by Gasteiger charge is -2.08. The molecule has 3 aromatic rings. The summed E-state index contributed by atoms with van der Waals surface area (Å²) in [6, 6.07) is 6.89. The fourth-order valence-electron chi connectivity index (χ4n) is 2.17. The van der Waals surface area contributed by atoms with Crippen molar-refractivity contribution in [2.24, 2.45) is 0 Å². The van der Waals surface area contributed by atoms with Gasteiger partial charge < -0.3 is 14.8 Å². The maximum Gasteiger partial charge on any atom is 0.275 e. The van der Waals surface area contributed by atoms with Gasteiger partial charge in [0.2, 0.25) is 0 Å². The van der Waals surface area contributed by atoms with Crippen LogP contribution in [0.3, 0.4) is 0 Å². The number of amides is 1. The quantitative estimate of drug-likeness (QED) is 0.613. The van der Waals surface area contributed by atoms with Crippen LogP contribution < -0.4 is 14.8 Å². The van der Waals surface area contributed by atoms with Crippen LogP contribution in [0.1, 0.15) is 10.5 Å². The lowest BCUT2D eigenvalue weighted by Crippen LogP contribution is -2.12. The van der Waals surface area contributed by atoms with Crippen LogP contribution in [0.5, 0.6) is 11.5 Å². The molecule has 1 aromatic carbocycles. The predicted octanol–water partition coefficient (Wildman–Crippen LogP) is 4.78. The minimum Gasteiger partial charge on any atom is -0.493 e. The Hall–Kier alpha value is -2.35. The number of nitrogens with one attached hydrogen (secondary N) is 1. The van der Waals surface area contributed by atoms with Crippen molar-refractivity contribution in [3.8, 4) is 22.1 Å². The van der Waals surface area contributed by atoms with Gasteiger partial charge in [0, 0.05) is 10.9 Å². The minimum atomic E-state index is -0.390. The number of rotatable bonds is 5. The number of hydrogen-bond donors (Lipinski definition) is 1. The zero-order valence-electron chi connectivity index (χ0n) is 13.7. The fourth-order valence-corrected chi connectivity index (χ4v) is 3.38. The highest BCUT2D eigenvalue weighted by molar-refractivity contribution is 7.13. The average molecular weight is 410 g/mol. The number of anilines is 1. The van der Waals surface area contributed by atoms with Gasteiger partial charge in [0.1, 0.15) is 15.9 Å². The SMILES string of the molecule is COc1ccc(-c2nc(C(=O)Nc3cnc(Cl)cc3Cl)cs2)cc1OC. The van der Waals surface area contributed by atoms with E-state index in [4.69, 9.17) is 32.7 Å². The van der Waals surface area contributed by atoms with Crippen LogP contribution in [-0.2, 0) is 0 Å². The normalized spacial score (nSPS) is 10.5. The van der Waals surface area contributed by atoms with Crippen molar-refractivity contribution in [1.29, 1.82) is 0 Å². The van der Waals surface area contributed by atoms with E-state index in [2.05, 4.69) is 15.3 Å². The number of carbonyl (C=O) groups is 1. The number of benzene rings is 1. The second kappa shape index (κ2) is 7.90. The molecule has 0 bridgehead atoms. The molecule has 0 aliphatic carbocycles. The smallest absolute Gasteiger partial charge is 0.275 e. The lowest BCUT2D eigenvalue weighted by molar-refractivity contribution is 0.102. The molecule has 0 fully saturated rings. The first-order valence-corrected chi connectivity index (χ1v) is 8.95. The average Bonchev–Trinajstić information content (AvgIpc) is 3.13. The Balaban J connectivity index is 1.82. The molecule has 0 unspecified atom stereocenters. The summed E-state index contributed by atoms with van der Waals surface area (Å²) in [4.78, 5) is 20.7. The van der Waals surface area contributed by atoms with E-state index in [0.717, 1.165) is 5.56 Å². The second-order valence-electron chi connectivity index (χ2n) is 5.05. The Morgan fingerprint density at radius 1 is 1.15 bits per heavy atom. The largest absolute Gasteiger partial charge is 0.493 e. The highest BCUT2D eigenvalue weighted by atomic mass is 35.5. The monoisotopic (exact) mass is 409 g/mol. The summed E-state index contributed by atoms with van der Waals surface area (Å²) in [5.74, 6) is 0.819. The van der Waals surface area contributed by atoms with Crippen molar-refractivity contribution in [3.05, 3.63) is 51.7 Å². The minimum absolute atomic E-state index is 0.248. The highest BCUT2D eigenvalue weighted by Crippen LogP contribution is 2.33. The van der Waals surface area contributed by atoms with Crippen LogP contribution in [0, 0.1) is 0 Å². The van der Waals surface area contributed by atoms with E-state index in [-0.39, 0.29) is 16.8 Å². The standard InChI is InChI=1S/C17H13Cl2N3O3S/c1-24-13-4-3-9(5-14(13)25-2)17-22-12(8-26-17)16(23)21-11-7-20-15(19)6-10(11)18/h3-8H,1-2H3,(H,21,23). The summed E-state index contributed by atoms with van der Waals surface area (Å²) < 4.78 is 10.5. The third-order valence-corrected chi connectivity index (χ3v) is 4.85. The number of aromatic nitrogens is 2. The van der Waals surface area contributed by atoms with Crippen LogP contribution >= 0.6 is 34.5 Å². The van der Waals surface area contributed by atoms with Gasteiger partial charge in [-0.2, -0.15) is 0 Å². The predicted molar refractivity (Wildman–Crippen MR) is 103 cm³/mol. The van der Waals surface area contributed by atoms with E-state index in [9.17, 15) is 4.79 Å². The number of carbonyl (C=O) groups excluding carboxylic acids is 1. The Morgan fingerprint density at radius 2 is 1.92 bits per heavy atom. The van der Waals surface area contributed by atoms with Gasteiger partial charge in [0.25, 0.3) is 5.91 Å². The summed E-state index contributed by atoms with van der Waals surface area (Å²) >= 11 is 13.1. The van der Waals surface area contributed by atoms with Crippen molar-refractivity contribution in [3.63, 3.8) is 0 Å². The Morgan fingerprint density at radius 3 is 2.62 bits per heavy atom. The first-order valence-electron chi connectivity index (χ1n) is 7.32. The molecule has 1 amide bonds. The van der Waals surface area contributed by atoms with E-state index in [1.165, 1.54) is 23.6 Å². The van der Waals surface area contributed by atoms with Crippen molar-refractivity contribution in [1.82, 2.24) is 9.97 Å². The number of pyridine rings is 1. The molecular formula is C17H13Cl2N3O3S. The summed E-state index contributed by atoms with van der Waals surface area (Å²) in [6.07, 6.45) is 1.39. The Labute approximate surface area is 163 Å². The third kappa shape index (κ3) is 3.90. The van der Waals surface area contributed by atoms with Crippen LogP contribution in [0.15, 0.2) is 35.8 Å². The maximum absolute atomic E-state index is 12.4. The molecule has 3 rings (SSSR count). The van der Waals surface area contributed by atoms with E-state index in [0.29, 0.717) is 27.2 Å². The van der Waals surface area contributed by atoms with Gasteiger partial charge in [0.15, 0.2) is 11.5 Å². The molecule has 0 saturated carbocycles. The van der Waals surface area contributed by atoms with E-state index >= 15 is 0 Å². The molecule has 6 nitrogen and oxygen atoms in total. The topological polar surface area (TPSA) is 73.3 Å². The fraction of sp³-hybridized carbons (Fsp3) is 0.118. The van der Waals surface area contributed by atoms with E-state index in [1.54, 1.807) is 31.7 Å². The zero-order chi connectivity index (χ0) is 18.7. The molecule has 0 atom stereocenters. The van der Waals surface area contributed by atoms with Crippen molar-refractivity contribution in [2.75, 3.05) is 19.5 Å². The van der Waals surface area contributed by atoms with Gasteiger partial charge >= 0.3 is 0 Å². The van der Waals surface area contributed by atoms with Gasteiger partial charge in [-0.25, -0.2) is 9.97 Å². The van der Waals surface area contributed by atoms with E-state index in [1.807, 2.05) is 6.07 Å². The molecule has 26 heavy (non-hydrogen) atoms. The summed E-state index contributed by atoms with van der Waals surface area (Å²) in [6.45, 7) is 0. The molecule has 0 aliphatic heterocycles. The molecule has 134 valence electrons. The van der Waals surface area contributed by atoms with Crippen molar-refractivity contribution < 1.29 is 14.3 Å². The van der Waals surface area contributed by atoms with Crippen LogP contribution in [-0.4, -0.2) is 30.1 Å². The van der Waals surface area contributed by atoms with Crippen LogP contribution in [0.2, 0.25) is 10.2 Å². The molecule has 0 saturated heterocycles. The van der Waals surface area contributed by atoms with Gasteiger partial charge in [-0.1, -0.05) is 23.2 Å². The van der Waals surface area contributed by atoms with Crippen molar-refractivity contribution >= 4 is 46.1 Å². The lowest BCUT2D eigenvalue weighted by atomic mass is 10.2. The molecular weight excluding hydrogens is 397 g/mol. The maximum atomic E-state index is 12.4. The Kier molecular flexibility index (Phi) is 5.61. The van der Waals surface area contributed by atoms with Gasteiger partial charge in [-0.05, 0) is 24.3 Å². The zero-order valence-corrected chi connectivity index (χ0v) is 16.1. The highest BCUT2D eigenvalue weighted by Gasteiger charge is 2.15. The second-order valence-corrected chi connectivity index (χ2v) is 6.70. The number of methoxy groups -OCH3 is 2. The number of thiazole rings is 1. The number of ether oxygens (including phenoxy) is 2. The first-order chi connectivity index (χ1) is 12.5. The van der Waals surface area contributed by atoms with Gasteiger partial charge in [0.05, 0.1) is 31.1 Å². The number of halogens is 2. The Bertz CT molecular complexity index is 962. The van der Waals surface area contributed by atoms with Crippen molar-refractivity contribution in [2.45, 2.75) is 0 Å². The molecule has 0 spiro atoms. The summed E-state index contributed by atoms with van der Waals surface area (Å²) in [7, 11) is 3.13. The molecule has 2 aromatic heterocycles. The number of nitrogens with zero attached hydrogens (tertiary/aromatic N) is 2. The van der Waals surface area contributed by atoms with Crippen LogP contribution in [0.4, 0.5) is 5.69 Å². The molecule has 2 heterocycles. The van der Waals surface area contributed by atoms with Crippen LogP contribution in [0.25, 0.3) is 10.6 Å². The third-order valence-electron chi connectivity index (χ3n) is 3.44. The molecule has 9 heteroatoms. The summed E-state index contributed by atoms with van der Waals surface area (Å²) in [5, 5.41) is 5.56. The summed E-state index contributed by atoms with van der Waals surface area (Å²) in [5.41, 5.74) is 1.45. The molecule has 0 aliphatic rings. The van der Waals surface area contributed by atoms with Gasteiger partial charge in [-0.3, -0.25) is 4.79 Å². The van der Waals surface area contributed by atoms with Gasteiger partial charge in [-0.15, -0.1) is 11.3 Å². The first kappa shape index (κ1) is 18.4. The molecule has 1 N–H and O–H groups in total.